The van der Waals surface area contributed by atoms with Crippen molar-refractivity contribution < 1.29 is 14.3 Å². The summed E-state index contributed by atoms with van der Waals surface area (Å²) in [7, 11) is 0. The molecule has 102 valence electrons. The van der Waals surface area contributed by atoms with Gasteiger partial charge in [0.25, 0.3) is 0 Å². The largest absolute Gasteiger partial charge is 0.456 e. The predicted molar refractivity (Wildman–Crippen MR) is 75.5 cm³/mol. The minimum atomic E-state index is -1.04. The molecule has 2 rings (SSSR count). The van der Waals surface area contributed by atoms with E-state index in [1.165, 1.54) is 0 Å². The number of Topliss-reactive ketones (excluding diaryl/α,β-unsaturated/α-hetero) is 1. The zero-order valence-corrected chi connectivity index (χ0v) is 12.9. The SMILES string of the molecule is CCC1C(=O)C(C)(C)C(=O)OC1c1cccc(Br)c1. The van der Waals surface area contributed by atoms with E-state index in [0.717, 1.165) is 10.0 Å². The molecule has 0 aromatic heterocycles. The normalized spacial score (nSPS) is 26.1. The molecule has 0 aliphatic carbocycles. The Labute approximate surface area is 121 Å². The lowest BCUT2D eigenvalue weighted by Gasteiger charge is -2.37. The zero-order chi connectivity index (χ0) is 14.2. The van der Waals surface area contributed by atoms with Crippen molar-refractivity contribution in [1.29, 1.82) is 0 Å². The van der Waals surface area contributed by atoms with Crippen molar-refractivity contribution in [2.45, 2.75) is 33.3 Å². The van der Waals surface area contributed by atoms with Crippen molar-refractivity contribution in [3.63, 3.8) is 0 Å². The fourth-order valence-corrected chi connectivity index (χ4v) is 2.85. The summed E-state index contributed by atoms with van der Waals surface area (Å²) in [6, 6.07) is 7.56. The number of hydrogen-bond acceptors (Lipinski definition) is 3. The van der Waals surface area contributed by atoms with E-state index in [1.807, 2.05) is 31.2 Å². The van der Waals surface area contributed by atoms with E-state index in [-0.39, 0.29) is 11.7 Å². The van der Waals surface area contributed by atoms with E-state index in [2.05, 4.69) is 15.9 Å². The predicted octanol–water partition coefficient (Wildman–Crippen LogP) is 3.67. The van der Waals surface area contributed by atoms with Crippen LogP contribution in [0, 0.1) is 11.3 Å². The van der Waals surface area contributed by atoms with Crippen LogP contribution >= 0.6 is 15.9 Å². The van der Waals surface area contributed by atoms with Crippen molar-refractivity contribution in [1.82, 2.24) is 0 Å². The van der Waals surface area contributed by atoms with Gasteiger partial charge in [0.2, 0.25) is 0 Å². The van der Waals surface area contributed by atoms with Gasteiger partial charge >= 0.3 is 5.97 Å². The van der Waals surface area contributed by atoms with Crippen molar-refractivity contribution >= 4 is 27.7 Å². The molecule has 3 nitrogen and oxygen atoms in total. The minimum absolute atomic E-state index is 0.0313. The average Bonchev–Trinajstić information content (AvgIpc) is 2.36. The Balaban J connectivity index is 2.41. The Hall–Kier alpha value is -1.16. The maximum absolute atomic E-state index is 12.4. The topological polar surface area (TPSA) is 43.4 Å². The van der Waals surface area contributed by atoms with Gasteiger partial charge in [-0.25, -0.2) is 0 Å². The maximum Gasteiger partial charge on any atom is 0.319 e. The Morgan fingerprint density at radius 3 is 2.58 bits per heavy atom. The second-order valence-electron chi connectivity index (χ2n) is 5.38. The molecule has 1 aromatic carbocycles. The van der Waals surface area contributed by atoms with Crippen LogP contribution in [-0.4, -0.2) is 11.8 Å². The van der Waals surface area contributed by atoms with E-state index in [1.54, 1.807) is 13.8 Å². The summed E-state index contributed by atoms with van der Waals surface area (Å²) in [5.41, 5.74) is -0.179. The highest BCUT2D eigenvalue weighted by Gasteiger charge is 2.50. The van der Waals surface area contributed by atoms with E-state index in [0.29, 0.717) is 6.42 Å². The van der Waals surface area contributed by atoms with Crippen LogP contribution in [0.5, 0.6) is 0 Å². The summed E-state index contributed by atoms with van der Waals surface area (Å²) in [5, 5.41) is 0. The summed E-state index contributed by atoms with van der Waals surface area (Å²) >= 11 is 3.40. The third-order valence-corrected chi connectivity index (χ3v) is 4.17. The Kier molecular flexibility index (Phi) is 3.81. The average molecular weight is 325 g/mol. The fourth-order valence-electron chi connectivity index (χ4n) is 2.43. The second kappa shape index (κ2) is 5.08. The van der Waals surface area contributed by atoms with Crippen molar-refractivity contribution in [2.75, 3.05) is 0 Å². The van der Waals surface area contributed by atoms with Crippen LogP contribution in [0.2, 0.25) is 0 Å². The number of hydrogen-bond donors (Lipinski definition) is 0. The first kappa shape index (κ1) is 14.3. The summed E-state index contributed by atoms with van der Waals surface area (Å²) < 4.78 is 6.45. The molecule has 1 aliphatic heterocycles. The van der Waals surface area contributed by atoms with Crippen LogP contribution < -0.4 is 0 Å². The van der Waals surface area contributed by atoms with Crippen LogP contribution in [0.3, 0.4) is 0 Å². The van der Waals surface area contributed by atoms with Gasteiger partial charge in [-0.1, -0.05) is 35.0 Å². The molecule has 1 aromatic rings. The van der Waals surface area contributed by atoms with Crippen molar-refractivity contribution in [3.8, 4) is 0 Å². The number of carbonyl (C=O) groups is 2. The first-order chi connectivity index (χ1) is 8.87. The fraction of sp³-hybridized carbons (Fsp3) is 0.467. The molecule has 19 heavy (non-hydrogen) atoms. The molecule has 0 amide bonds. The summed E-state index contributed by atoms with van der Waals surface area (Å²) in [6.07, 6.45) is 0.183. The summed E-state index contributed by atoms with van der Waals surface area (Å²) in [4.78, 5) is 24.4. The molecule has 1 aliphatic rings. The standard InChI is InChI=1S/C15H17BrO3/c1-4-11-12(9-6-5-7-10(16)8-9)19-14(18)15(2,3)13(11)17/h5-8,11-12H,4H2,1-3H3. The molecule has 2 atom stereocenters. The number of benzene rings is 1. The van der Waals surface area contributed by atoms with Gasteiger partial charge in [0.1, 0.15) is 11.5 Å². The molecule has 0 saturated carbocycles. The summed E-state index contributed by atoms with van der Waals surface area (Å²) in [5.74, 6) is -0.745. The van der Waals surface area contributed by atoms with Crippen LogP contribution in [0.15, 0.2) is 28.7 Å². The van der Waals surface area contributed by atoms with Gasteiger partial charge in [-0.3, -0.25) is 9.59 Å². The smallest absolute Gasteiger partial charge is 0.319 e. The van der Waals surface area contributed by atoms with Gasteiger partial charge in [0.05, 0.1) is 5.92 Å². The number of halogens is 1. The molecule has 1 heterocycles. The van der Waals surface area contributed by atoms with Gasteiger partial charge in [-0.15, -0.1) is 0 Å². The van der Waals surface area contributed by atoms with Gasteiger partial charge in [0.15, 0.2) is 5.78 Å². The molecule has 2 unspecified atom stereocenters. The van der Waals surface area contributed by atoms with E-state index in [4.69, 9.17) is 4.74 Å². The second-order valence-corrected chi connectivity index (χ2v) is 6.30. The van der Waals surface area contributed by atoms with Gasteiger partial charge in [-0.05, 0) is 38.0 Å². The van der Waals surface area contributed by atoms with E-state index < -0.39 is 17.5 Å². The Morgan fingerprint density at radius 2 is 2.00 bits per heavy atom. The van der Waals surface area contributed by atoms with Crippen LogP contribution in [0.1, 0.15) is 38.9 Å². The molecule has 0 bridgehead atoms. The molecular weight excluding hydrogens is 308 g/mol. The highest BCUT2D eigenvalue weighted by molar-refractivity contribution is 9.10. The third kappa shape index (κ3) is 2.46. The number of ketones is 1. The number of ether oxygens (including phenoxy) is 1. The Bertz CT molecular complexity index is 522. The lowest BCUT2D eigenvalue weighted by molar-refractivity contribution is -0.179. The molecule has 0 spiro atoms. The Morgan fingerprint density at radius 1 is 1.32 bits per heavy atom. The molecular formula is C15H17BrO3. The third-order valence-electron chi connectivity index (χ3n) is 3.68. The quantitative estimate of drug-likeness (QED) is 0.615. The first-order valence-electron chi connectivity index (χ1n) is 6.38. The highest BCUT2D eigenvalue weighted by atomic mass is 79.9. The number of rotatable bonds is 2. The number of carbonyl (C=O) groups excluding carboxylic acids is 2. The number of esters is 1. The molecule has 1 fully saturated rings. The molecule has 0 N–H and O–H groups in total. The first-order valence-corrected chi connectivity index (χ1v) is 7.18. The maximum atomic E-state index is 12.4. The van der Waals surface area contributed by atoms with Crippen molar-refractivity contribution in [3.05, 3.63) is 34.3 Å². The van der Waals surface area contributed by atoms with Crippen molar-refractivity contribution in [2.24, 2.45) is 11.3 Å². The lowest BCUT2D eigenvalue weighted by atomic mass is 9.74. The van der Waals surface area contributed by atoms with Crippen LogP contribution in [-0.2, 0) is 14.3 Å². The highest BCUT2D eigenvalue weighted by Crippen LogP contribution is 2.41. The number of cyclic esters (lactones) is 1. The van der Waals surface area contributed by atoms with Gasteiger partial charge in [0, 0.05) is 4.47 Å². The van der Waals surface area contributed by atoms with E-state index >= 15 is 0 Å². The molecule has 1 saturated heterocycles. The lowest BCUT2D eigenvalue weighted by Crippen LogP contribution is -2.47. The van der Waals surface area contributed by atoms with Crippen LogP contribution in [0.25, 0.3) is 0 Å². The molecule has 0 radical (unpaired) electrons. The van der Waals surface area contributed by atoms with E-state index in [9.17, 15) is 9.59 Å². The van der Waals surface area contributed by atoms with Crippen LogP contribution in [0.4, 0.5) is 0 Å². The van der Waals surface area contributed by atoms with Gasteiger partial charge in [-0.2, -0.15) is 0 Å². The minimum Gasteiger partial charge on any atom is -0.456 e. The summed E-state index contributed by atoms with van der Waals surface area (Å²) in [6.45, 7) is 5.22. The monoisotopic (exact) mass is 324 g/mol. The molecule has 4 heteroatoms. The zero-order valence-electron chi connectivity index (χ0n) is 11.3. The van der Waals surface area contributed by atoms with Gasteiger partial charge < -0.3 is 4.74 Å².